The molecule has 1 unspecified atom stereocenters. The number of benzene rings is 3. The summed E-state index contributed by atoms with van der Waals surface area (Å²) < 4.78 is 0. The summed E-state index contributed by atoms with van der Waals surface area (Å²) in [5.74, 6) is -0.534. The van der Waals surface area contributed by atoms with Gasteiger partial charge in [-0.05, 0) is 40.5 Å². The van der Waals surface area contributed by atoms with E-state index in [2.05, 4.69) is 47.0 Å². The SMILES string of the molecule is NCc1ccc(-c2ccc(C3Nc4ccc(C(=O)NO)cc4N3)cc2)cc1. The Hall–Kier alpha value is -3.35. The molecule has 6 N–H and O–H groups in total. The number of hydrogen-bond acceptors (Lipinski definition) is 5. The number of fused-ring (bicyclic) bond motifs is 1. The third kappa shape index (κ3) is 3.36. The lowest BCUT2D eigenvalue weighted by Gasteiger charge is -2.13. The number of anilines is 2. The van der Waals surface area contributed by atoms with Gasteiger partial charge in [-0.15, -0.1) is 0 Å². The number of hydrogen-bond donors (Lipinski definition) is 5. The Balaban J connectivity index is 1.51. The second-order valence-corrected chi connectivity index (χ2v) is 6.45. The lowest BCUT2D eigenvalue weighted by molar-refractivity contribution is 0.0706. The van der Waals surface area contributed by atoms with Crippen molar-refractivity contribution in [1.82, 2.24) is 5.48 Å². The standard InChI is InChI=1S/C21H20N4O2/c22-12-13-1-3-14(4-2-13)15-5-7-16(8-6-15)20-23-18-10-9-17(21(26)25-27)11-19(18)24-20/h1-11,20,23-24,27H,12,22H2,(H,25,26). The van der Waals surface area contributed by atoms with E-state index < -0.39 is 5.91 Å². The summed E-state index contributed by atoms with van der Waals surface area (Å²) in [6.07, 6.45) is -0.0823. The molecule has 3 aromatic carbocycles. The first kappa shape index (κ1) is 17.1. The maximum absolute atomic E-state index is 11.6. The molecule has 0 radical (unpaired) electrons. The zero-order chi connectivity index (χ0) is 18.8. The Labute approximate surface area is 157 Å². The van der Waals surface area contributed by atoms with E-state index in [1.807, 2.05) is 18.2 Å². The van der Waals surface area contributed by atoms with Crippen molar-refractivity contribution in [3.8, 4) is 11.1 Å². The molecule has 27 heavy (non-hydrogen) atoms. The minimum absolute atomic E-state index is 0.0823. The van der Waals surface area contributed by atoms with Crippen LogP contribution in [-0.2, 0) is 6.54 Å². The average Bonchev–Trinajstić information content (AvgIpc) is 3.16. The molecule has 1 heterocycles. The fourth-order valence-electron chi connectivity index (χ4n) is 3.21. The van der Waals surface area contributed by atoms with Crippen molar-refractivity contribution in [3.63, 3.8) is 0 Å². The van der Waals surface area contributed by atoms with Gasteiger partial charge in [0.05, 0.1) is 11.4 Å². The second kappa shape index (κ2) is 7.11. The largest absolute Gasteiger partial charge is 0.360 e. The van der Waals surface area contributed by atoms with Gasteiger partial charge in [-0.25, -0.2) is 5.48 Å². The topological polar surface area (TPSA) is 99.4 Å². The van der Waals surface area contributed by atoms with Crippen molar-refractivity contribution in [2.24, 2.45) is 5.73 Å². The lowest BCUT2D eigenvalue weighted by atomic mass is 10.0. The molecule has 1 atom stereocenters. The minimum atomic E-state index is -0.534. The van der Waals surface area contributed by atoms with Gasteiger partial charge in [0.25, 0.3) is 5.91 Å². The summed E-state index contributed by atoms with van der Waals surface area (Å²) in [5.41, 5.74) is 13.9. The van der Waals surface area contributed by atoms with Gasteiger partial charge in [-0.3, -0.25) is 10.0 Å². The number of hydroxylamine groups is 1. The molecule has 4 rings (SSSR count). The first-order valence-electron chi connectivity index (χ1n) is 8.69. The highest BCUT2D eigenvalue weighted by Crippen LogP contribution is 2.36. The van der Waals surface area contributed by atoms with Crippen LogP contribution >= 0.6 is 0 Å². The van der Waals surface area contributed by atoms with Crippen LogP contribution in [0.15, 0.2) is 66.7 Å². The number of amides is 1. The number of nitrogens with two attached hydrogens (primary N) is 1. The predicted octanol–water partition coefficient (Wildman–Crippen LogP) is 3.47. The van der Waals surface area contributed by atoms with Crippen LogP contribution in [0.5, 0.6) is 0 Å². The van der Waals surface area contributed by atoms with E-state index in [4.69, 9.17) is 10.9 Å². The fourth-order valence-corrected chi connectivity index (χ4v) is 3.21. The van der Waals surface area contributed by atoms with Crippen LogP contribution in [0, 0.1) is 0 Å². The zero-order valence-electron chi connectivity index (χ0n) is 14.6. The lowest BCUT2D eigenvalue weighted by Crippen LogP contribution is -2.18. The van der Waals surface area contributed by atoms with Crippen molar-refractivity contribution >= 4 is 17.3 Å². The quantitative estimate of drug-likeness (QED) is 0.362. The highest BCUT2D eigenvalue weighted by Gasteiger charge is 2.22. The van der Waals surface area contributed by atoms with Gasteiger partial charge in [-0.2, -0.15) is 0 Å². The van der Waals surface area contributed by atoms with Gasteiger partial charge >= 0.3 is 0 Å². The summed E-state index contributed by atoms with van der Waals surface area (Å²) in [7, 11) is 0. The van der Waals surface area contributed by atoms with E-state index in [-0.39, 0.29) is 6.17 Å². The van der Waals surface area contributed by atoms with Gasteiger partial charge < -0.3 is 16.4 Å². The molecule has 6 heteroatoms. The Morgan fingerprint density at radius 1 is 0.926 bits per heavy atom. The Morgan fingerprint density at radius 3 is 2.19 bits per heavy atom. The zero-order valence-corrected chi connectivity index (χ0v) is 14.6. The number of nitrogens with one attached hydrogen (secondary N) is 3. The van der Waals surface area contributed by atoms with Crippen LogP contribution in [0.25, 0.3) is 11.1 Å². The molecule has 0 aromatic heterocycles. The summed E-state index contributed by atoms with van der Waals surface area (Å²) >= 11 is 0. The number of carbonyl (C=O) groups is 1. The van der Waals surface area contributed by atoms with Gasteiger partial charge in [0.1, 0.15) is 6.17 Å². The monoisotopic (exact) mass is 360 g/mol. The Morgan fingerprint density at radius 2 is 1.56 bits per heavy atom. The molecule has 0 saturated heterocycles. The summed E-state index contributed by atoms with van der Waals surface area (Å²) in [5, 5.41) is 15.5. The van der Waals surface area contributed by atoms with E-state index in [9.17, 15) is 4.79 Å². The maximum atomic E-state index is 11.6. The van der Waals surface area contributed by atoms with Crippen molar-refractivity contribution in [1.29, 1.82) is 0 Å². The number of rotatable bonds is 4. The first-order valence-corrected chi connectivity index (χ1v) is 8.69. The molecule has 3 aromatic rings. The third-order valence-electron chi connectivity index (χ3n) is 4.75. The Bertz CT molecular complexity index is 968. The smallest absolute Gasteiger partial charge is 0.274 e. The van der Waals surface area contributed by atoms with Crippen LogP contribution in [0.1, 0.15) is 27.7 Å². The third-order valence-corrected chi connectivity index (χ3v) is 4.75. The van der Waals surface area contributed by atoms with Gasteiger partial charge in [0.2, 0.25) is 0 Å². The minimum Gasteiger partial charge on any atom is -0.360 e. The van der Waals surface area contributed by atoms with Crippen molar-refractivity contribution in [2.45, 2.75) is 12.7 Å². The number of carbonyl (C=O) groups excluding carboxylic acids is 1. The molecular formula is C21H20N4O2. The molecule has 1 aliphatic heterocycles. The average molecular weight is 360 g/mol. The normalized spacial score (nSPS) is 14.8. The molecule has 0 bridgehead atoms. The van der Waals surface area contributed by atoms with Crippen LogP contribution in [0.2, 0.25) is 0 Å². The summed E-state index contributed by atoms with van der Waals surface area (Å²) in [6, 6.07) is 21.7. The highest BCUT2D eigenvalue weighted by molar-refractivity contribution is 5.96. The molecule has 1 amide bonds. The maximum Gasteiger partial charge on any atom is 0.274 e. The molecular weight excluding hydrogens is 340 g/mol. The van der Waals surface area contributed by atoms with Gasteiger partial charge in [0.15, 0.2) is 0 Å². The van der Waals surface area contributed by atoms with Crippen molar-refractivity contribution < 1.29 is 10.0 Å². The molecule has 1 aliphatic rings. The second-order valence-electron chi connectivity index (χ2n) is 6.45. The molecule has 0 fully saturated rings. The van der Waals surface area contributed by atoms with Crippen LogP contribution < -0.4 is 21.8 Å². The van der Waals surface area contributed by atoms with E-state index >= 15 is 0 Å². The van der Waals surface area contributed by atoms with E-state index in [1.165, 1.54) is 0 Å². The molecule has 0 saturated carbocycles. The molecule has 0 spiro atoms. The first-order chi connectivity index (χ1) is 13.2. The van der Waals surface area contributed by atoms with Crippen LogP contribution in [-0.4, -0.2) is 11.1 Å². The van der Waals surface area contributed by atoms with E-state index in [1.54, 1.807) is 17.6 Å². The molecule has 6 nitrogen and oxygen atoms in total. The van der Waals surface area contributed by atoms with Gasteiger partial charge in [-0.1, -0.05) is 48.5 Å². The fraction of sp³-hybridized carbons (Fsp3) is 0.0952. The molecule has 136 valence electrons. The van der Waals surface area contributed by atoms with Crippen molar-refractivity contribution in [2.75, 3.05) is 10.6 Å². The Kier molecular flexibility index (Phi) is 4.50. The van der Waals surface area contributed by atoms with Crippen LogP contribution in [0.4, 0.5) is 11.4 Å². The van der Waals surface area contributed by atoms with E-state index in [0.29, 0.717) is 12.1 Å². The van der Waals surface area contributed by atoms with Gasteiger partial charge in [0, 0.05) is 12.1 Å². The highest BCUT2D eigenvalue weighted by atomic mass is 16.5. The van der Waals surface area contributed by atoms with Crippen LogP contribution in [0.3, 0.4) is 0 Å². The predicted molar refractivity (Wildman–Crippen MR) is 105 cm³/mol. The van der Waals surface area contributed by atoms with E-state index in [0.717, 1.165) is 33.6 Å². The van der Waals surface area contributed by atoms with Crippen molar-refractivity contribution in [3.05, 3.63) is 83.4 Å². The summed E-state index contributed by atoms with van der Waals surface area (Å²) in [4.78, 5) is 11.6. The summed E-state index contributed by atoms with van der Waals surface area (Å²) in [6.45, 7) is 0.542. The molecule has 0 aliphatic carbocycles.